The van der Waals surface area contributed by atoms with Crippen molar-refractivity contribution in [2.45, 2.75) is 12.8 Å². The van der Waals surface area contributed by atoms with Crippen molar-refractivity contribution in [3.05, 3.63) is 88.1 Å². The first-order chi connectivity index (χ1) is 14.6. The van der Waals surface area contributed by atoms with E-state index in [2.05, 4.69) is 20.8 Å². The predicted molar refractivity (Wildman–Crippen MR) is 110 cm³/mol. The molecule has 0 fully saturated rings. The number of hydrogen-bond donors (Lipinski definition) is 2. The van der Waals surface area contributed by atoms with Gasteiger partial charge in [0.2, 0.25) is 0 Å². The maximum atomic E-state index is 13.1. The van der Waals surface area contributed by atoms with Crippen LogP contribution in [-0.4, -0.2) is 31.0 Å². The number of benzene rings is 1. The van der Waals surface area contributed by atoms with Gasteiger partial charge in [0.1, 0.15) is 5.69 Å². The van der Waals surface area contributed by atoms with E-state index in [0.717, 1.165) is 0 Å². The number of hydrogen-bond acceptors (Lipinski definition) is 6. The van der Waals surface area contributed by atoms with Gasteiger partial charge >= 0.3 is 0 Å². The van der Waals surface area contributed by atoms with Crippen molar-refractivity contribution in [1.82, 2.24) is 19.3 Å². The highest BCUT2D eigenvalue weighted by atomic mass is 16.2. The minimum absolute atomic E-state index is 0.0206. The average Bonchev–Trinajstić information content (AvgIpc) is 3.34. The quantitative estimate of drug-likeness (QED) is 0.543. The zero-order valence-corrected chi connectivity index (χ0v) is 15.7. The number of ketones is 1. The molecule has 2 N–H and O–H groups in total. The summed E-state index contributed by atoms with van der Waals surface area (Å²) >= 11 is 0. The van der Waals surface area contributed by atoms with E-state index >= 15 is 0 Å². The molecule has 0 saturated heterocycles. The number of aromatic nitrogens is 4. The number of anilines is 2. The van der Waals surface area contributed by atoms with Crippen LogP contribution in [0, 0.1) is 0 Å². The zero-order chi connectivity index (χ0) is 20.7. The second-order valence-corrected chi connectivity index (χ2v) is 6.87. The summed E-state index contributed by atoms with van der Waals surface area (Å²) in [6, 6.07) is 13.6. The minimum Gasteiger partial charge on any atom is -0.317 e. The molecule has 1 aliphatic rings. The summed E-state index contributed by atoms with van der Waals surface area (Å²) in [5, 5.41) is 6.78. The molecule has 1 aliphatic carbocycles. The maximum Gasteiger partial charge on any atom is 0.293 e. The SMILES string of the molecule is O=C(Nc1cc2c(n(Nc3cn4ncccc4n3)c1=O)CCC2=O)c1ccccc1. The van der Waals surface area contributed by atoms with E-state index < -0.39 is 11.5 Å². The maximum absolute atomic E-state index is 13.1. The molecule has 0 bridgehead atoms. The molecule has 3 aromatic heterocycles. The van der Waals surface area contributed by atoms with Crippen LogP contribution in [0.1, 0.15) is 32.8 Å². The van der Waals surface area contributed by atoms with Crippen molar-refractivity contribution in [3.8, 4) is 0 Å². The van der Waals surface area contributed by atoms with Crippen LogP contribution in [-0.2, 0) is 6.42 Å². The standard InChI is InChI=1S/C21H16N6O3/c28-17-9-8-16-14(17)11-15(23-20(29)13-5-2-1-3-6-13)21(30)27(16)25-18-12-26-19(24-18)7-4-10-22-26/h1-7,10-12,25H,8-9H2,(H,23,29). The molecule has 9 heteroatoms. The van der Waals surface area contributed by atoms with Crippen LogP contribution in [0.4, 0.5) is 11.5 Å². The summed E-state index contributed by atoms with van der Waals surface area (Å²) in [5.41, 5.74) is 4.50. The lowest BCUT2D eigenvalue weighted by Gasteiger charge is -2.15. The van der Waals surface area contributed by atoms with Crippen molar-refractivity contribution in [2.75, 3.05) is 10.7 Å². The van der Waals surface area contributed by atoms with Gasteiger partial charge in [-0.15, -0.1) is 0 Å². The number of pyridine rings is 1. The van der Waals surface area contributed by atoms with Crippen molar-refractivity contribution in [1.29, 1.82) is 0 Å². The fraction of sp³-hybridized carbons (Fsp3) is 0.0952. The van der Waals surface area contributed by atoms with Gasteiger partial charge in [-0.3, -0.25) is 19.8 Å². The summed E-state index contributed by atoms with van der Waals surface area (Å²) in [7, 11) is 0. The molecule has 3 heterocycles. The van der Waals surface area contributed by atoms with Crippen LogP contribution < -0.4 is 16.3 Å². The Morgan fingerprint density at radius 1 is 1.03 bits per heavy atom. The van der Waals surface area contributed by atoms with Crippen LogP contribution >= 0.6 is 0 Å². The number of rotatable bonds is 4. The van der Waals surface area contributed by atoms with E-state index in [1.165, 1.54) is 10.7 Å². The lowest BCUT2D eigenvalue weighted by Crippen LogP contribution is -2.33. The Morgan fingerprint density at radius 3 is 2.67 bits per heavy atom. The Labute approximate surface area is 170 Å². The topological polar surface area (TPSA) is 110 Å². The molecule has 5 rings (SSSR count). The molecule has 0 atom stereocenters. The Morgan fingerprint density at radius 2 is 1.87 bits per heavy atom. The Bertz CT molecular complexity index is 1320. The first kappa shape index (κ1) is 17.8. The van der Waals surface area contributed by atoms with Gasteiger partial charge in [-0.1, -0.05) is 18.2 Å². The molecular weight excluding hydrogens is 384 g/mol. The van der Waals surface area contributed by atoms with Crippen LogP contribution in [0.5, 0.6) is 0 Å². The van der Waals surface area contributed by atoms with Gasteiger partial charge in [0.15, 0.2) is 17.2 Å². The number of carbonyl (C=O) groups is 2. The summed E-state index contributed by atoms with van der Waals surface area (Å²) < 4.78 is 2.85. The van der Waals surface area contributed by atoms with E-state index in [-0.39, 0.29) is 11.5 Å². The van der Waals surface area contributed by atoms with E-state index in [0.29, 0.717) is 41.1 Å². The molecule has 0 saturated carbocycles. The molecule has 0 spiro atoms. The van der Waals surface area contributed by atoms with E-state index in [9.17, 15) is 14.4 Å². The first-order valence-corrected chi connectivity index (χ1v) is 9.36. The molecule has 0 unspecified atom stereocenters. The van der Waals surface area contributed by atoms with Gasteiger partial charge in [0.05, 0.1) is 11.9 Å². The Kier molecular flexibility index (Phi) is 4.13. The first-order valence-electron chi connectivity index (χ1n) is 9.36. The van der Waals surface area contributed by atoms with E-state index in [1.807, 2.05) is 0 Å². The third-order valence-corrected chi connectivity index (χ3v) is 4.94. The van der Waals surface area contributed by atoms with Crippen LogP contribution in [0.25, 0.3) is 5.65 Å². The molecule has 1 amide bonds. The number of nitrogens with zero attached hydrogens (tertiary/aromatic N) is 4. The van der Waals surface area contributed by atoms with Crippen LogP contribution in [0.2, 0.25) is 0 Å². The van der Waals surface area contributed by atoms with Crippen LogP contribution in [0.3, 0.4) is 0 Å². The van der Waals surface area contributed by atoms with Crippen molar-refractivity contribution in [3.63, 3.8) is 0 Å². The lowest BCUT2D eigenvalue weighted by atomic mass is 10.1. The van der Waals surface area contributed by atoms with Gasteiger partial charge in [-0.05, 0) is 36.8 Å². The van der Waals surface area contributed by atoms with E-state index in [4.69, 9.17) is 0 Å². The molecular formula is C21H16N6O3. The highest BCUT2D eigenvalue weighted by molar-refractivity contribution is 6.06. The third kappa shape index (κ3) is 3.02. The molecule has 0 aliphatic heterocycles. The molecule has 30 heavy (non-hydrogen) atoms. The Hall–Kier alpha value is -4.27. The van der Waals surface area contributed by atoms with Crippen molar-refractivity contribution in [2.24, 2.45) is 0 Å². The van der Waals surface area contributed by atoms with E-state index in [1.54, 1.807) is 59.4 Å². The summed E-state index contributed by atoms with van der Waals surface area (Å²) in [6.07, 6.45) is 4.00. The second kappa shape index (κ2) is 6.96. The number of carbonyl (C=O) groups excluding carboxylic acids is 2. The van der Waals surface area contributed by atoms with Crippen molar-refractivity contribution >= 4 is 28.8 Å². The zero-order valence-electron chi connectivity index (χ0n) is 15.7. The predicted octanol–water partition coefficient (Wildman–Crippen LogP) is 2.15. The fourth-order valence-electron chi connectivity index (χ4n) is 3.50. The molecule has 9 nitrogen and oxygen atoms in total. The normalized spacial score (nSPS) is 12.7. The molecule has 0 radical (unpaired) electrons. The van der Waals surface area contributed by atoms with Gasteiger partial charge in [-0.25, -0.2) is 14.2 Å². The number of imidazole rings is 1. The van der Waals surface area contributed by atoms with Gasteiger partial charge in [0, 0.05) is 23.7 Å². The van der Waals surface area contributed by atoms with Crippen LogP contribution in [0.15, 0.2) is 65.7 Å². The van der Waals surface area contributed by atoms with Crippen molar-refractivity contribution < 1.29 is 9.59 Å². The smallest absolute Gasteiger partial charge is 0.293 e. The fourth-order valence-corrected chi connectivity index (χ4v) is 3.50. The summed E-state index contributed by atoms with van der Waals surface area (Å²) in [4.78, 5) is 42.4. The number of nitrogens with one attached hydrogen (secondary N) is 2. The molecule has 4 aromatic rings. The number of Topliss-reactive ketones (excluding diaryl/α,β-unsaturated/α-hetero) is 1. The summed E-state index contributed by atoms with van der Waals surface area (Å²) in [6.45, 7) is 0. The van der Waals surface area contributed by atoms with Gasteiger partial charge < -0.3 is 5.32 Å². The van der Waals surface area contributed by atoms with Gasteiger partial charge in [0.25, 0.3) is 11.5 Å². The largest absolute Gasteiger partial charge is 0.317 e. The summed E-state index contributed by atoms with van der Waals surface area (Å²) in [5.74, 6) is -0.113. The number of fused-ring (bicyclic) bond motifs is 2. The second-order valence-electron chi connectivity index (χ2n) is 6.87. The third-order valence-electron chi connectivity index (χ3n) is 4.94. The highest BCUT2D eigenvalue weighted by Gasteiger charge is 2.26. The lowest BCUT2D eigenvalue weighted by molar-refractivity contribution is 0.0991. The molecule has 1 aromatic carbocycles. The molecule has 148 valence electrons. The monoisotopic (exact) mass is 400 g/mol. The average molecular weight is 400 g/mol. The van der Waals surface area contributed by atoms with Gasteiger partial charge in [-0.2, -0.15) is 5.10 Å². The highest BCUT2D eigenvalue weighted by Crippen LogP contribution is 2.23. The minimum atomic E-state index is -0.474. The number of amides is 1. The Balaban J connectivity index is 1.56.